The van der Waals surface area contributed by atoms with Crippen LogP contribution in [0.5, 0.6) is 0 Å². The first-order valence-electron chi connectivity index (χ1n) is 11.2. The quantitative estimate of drug-likeness (QED) is 0.784. The van der Waals surface area contributed by atoms with E-state index in [1.165, 1.54) is 5.56 Å². The summed E-state index contributed by atoms with van der Waals surface area (Å²) in [6, 6.07) is 9.21. The molecule has 29 heavy (non-hydrogen) atoms. The van der Waals surface area contributed by atoms with Crippen LogP contribution < -0.4 is 4.90 Å². The predicted molar refractivity (Wildman–Crippen MR) is 111 cm³/mol. The number of hydrogen-bond donors (Lipinski definition) is 0. The number of carbonyl (C=O) groups is 2. The molecule has 0 saturated carbocycles. The lowest BCUT2D eigenvalue weighted by molar-refractivity contribution is -0.117. The van der Waals surface area contributed by atoms with Crippen molar-refractivity contribution in [3.8, 4) is 0 Å². The number of anilines is 1. The number of para-hydroxylation sites is 1. The number of nitrogens with zero attached hydrogens (tertiary/aromatic N) is 3. The lowest BCUT2D eigenvalue weighted by Crippen LogP contribution is -2.48. The molecular weight excluding hydrogens is 366 g/mol. The molecule has 0 spiro atoms. The minimum absolute atomic E-state index is 0.120. The first kappa shape index (κ1) is 18.9. The SMILES string of the molecule is CCOC(=O)N1[C@H]2CC[C@H]1CC(CN1CC[C@@H](N3C(=O)Cc4ccccc43)C1)C2. The second-order valence-electron chi connectivity index (χ2n) is 9.10. The molecule has 6 nitrogen and oxygen atoms in total. The Morgan fingerprint density at radius 3 is 2.62 bits per heavy atom. The lowest BCUT2D eigenvalue weighted by atomic mass is 9.90. The Morgan fingerprint density at radius 2 is 1.86 bits per heavy atom. The van der Waals surface area contributed by atoms with Crippen molar-refractivity contribution in [3.05, 3.63) is 29.8 Å². The van der Waals surface area contributed by atoms with E-state index in [0.29, 0.717) is 37.1 Å². The van der Waals surface area contributed by atoms with Gasteiger partial charge in [-0.05, 0) is 56.6 Å². The van der Waals surface area contributed by atoms with Gasteiger partial charge >= 0.3 is 6.09 Å². The van der Waals surface area contributed by atoms with Gasteiger partial charge in [-0.1, -0.05) is 18.2 Å². The van der Waals surface area contributed by atoms with Gasteiger partial charge < -0.3 is 19.4 Å². The van der Waals surface area contributed by atoms with Crippen molar-refractivity contribution in [1.82, 2.24) is 9.80 Å². The number of piperidine rings is 1. The summed E-state index contributed by atoms with van der Waals surface area (Å²) in [4.78, 5) is 31.5. The summed E-state index contributed by atoms with van der Waals surface area (Å²) in [6.45, 7) is 5.44. The molecule has 0 unspecified atom stereocenters. The fourth-order valence-corrected chi connectivity index (χ4v) is 6.17. The normalized spacial score (nSPS) is 31.4. The molecule has 4 heterocycles. The molecule has 3 atom stereocenters. The largest absolute Gasteiger partial charge is 0.450 e. The number of carbonyl (C=O) groups excluding carboxylic acids is 2. The van der Waals surface area contributed by atoms with Crippen LogP contribution in [0.2, 0.25) is 0 Å². The van der Waals surface area contributed by atoms with Crippen LogP contribution in [0.25, 0.3) is 0 Å². The highest BCUT2D eigenvalue weighted by Gasteiger charge is 2.45. The third-order valence-electron chi connectivity index (χ3n) is 7.30. The van der Waals surface area contributed by atoms with Crippen LogP contribution in [0, 0.1) is 5.92 Å². The highest BCUT2D eigenvalue weighted by Crippen LogP contribution is 2.40. The fourth-order valence-electron chi connectivity index (χ4n) is 6.17. The lowest BCUT2D eigenvalue weighted by Gasteiger charge is -2.39. The van der Waals surface area contributed by atoms with Gasteiger partial charge in [-0.15, -0.1) is 0 Å². The number of amides is 2. The van der Waals surface area contributed by atoms with Crippen molar-refractivity contribution in [2.45, 2.75) is 63.6 Å². The molecule has 0 radical (unpaired) electrons. The van der Waals surface area contributed by atoms with E-state index in [1.54, 1.807) is 0 Å². The number of rotatable bonds is 4. The van der Waals surface area contributed by atoms with Crippen LogP contribution >= 0.6 is 0 Å². The summed E-state index contributed by atoms with van der Waals surface area (Å²) < 4.78 is 5.28. The maximum Gasteiger partial charge on any atom is 0.410 e. The molecule has 2 bridgehead atoms. The summed E-state index contributed by atoms with van der Waals surface area (Å²) in [5.41, 5.74) is 2.28. The Kier molecular flexibility index (Phi) is 4.98. The standard InChI is InChI=1S/C23H31N3O3/c1-2-29-23(28)25-18-7-8-19(25)12-16(11-18)14-24-10-9-20(15-24)26-21-6-4-3-5-17(21)13-22(26)27/h3-6,16,18-20H,2,7-15H2,1H3/t18-,19-,20+/m0/s1. The second-order valence-corrected chi connectivity index (χ2v) is 9.10. The number of ether oxygens (including phenoxy) is 1. The van der Waals surface area contributed by atoms with E-state index >= 15 is 0 Å². The van der Waals surface area contributed by atoms with Crippen LogP contribution in [-0.2, 0) is 16.0 Å². The summed E-state index contributed by atoms with van der Waals surface area (Å²) >= 11 is 0. The number of benzene rings is 1. The van der Waals surface area contributed by atoms with E-state index in [0.717, 1.165) is 57.4 Å². The maximum absolute atomic E-state index is 12.6. The fraction of sp³-hybridized carbons (Fsp3) is 0.652. The first-order valence-corrected chi connectivity index (χ1v) is 11.2. The summed E-state index contributed by atoms with van der Waals surface area (Å²) in [5.74, 6) is 0.886. The Morgan fingerprint density at radius 1 is 1.10 bits per heavy atom. The van der Waals surface area contributed by atoms with Crippen LogP contribution in [0.1, 0.15) is 44.6 Å². The highest BCUT2D eigenvalue weighted by molar-refractivity contribution is 6.01. The smallest absolute Gasteiger partial charge is 0.410 e. The van der Waals surface area contributed by atoms with Gasteiger partial charge in [0, 0.05) is 37.4 Å². The molecule has 3 fully saturated rings. The van der Waals surface area contributed by atoms with Crippen molar-refractivity contribution in [3.63, 3.8) is 0 Å². The monoisotopic (exact) mass is 397 g/mol. The molecule has 0 aliphatic carbocycles. The predicted octanol–water partition coefficient (Wildman–Crippen LogP) is 3.05. The van der Waals surface area contributed by atoms with E-state index in [-0.39, 0.29) is 12.0 Å². The van der Waals surface area contributed by atoms with E-state index in [1.807, 2.05) is 24.0 Å². The van der Waals surface area contributed by atoms with E-state index in [2.05, 4.69) is 21.9 Å². The second kappa shape index (κ2) is 7.63. The van der Waals surface area contributed by atoms with Gasteiger partial charge in [0.1, 0.15) is 0 Å². The Labute approximate surface area is 172 Å². The third-order valence-corrected chi connectivity index (χ3v) is 7.30. The molecule has 4 aliphatic heterocycles. The molecule has 6 heteroatoms. The average Bonchev–Trinajstić information content (AvgIpc) is 3.35. The first-order chi connectivity index (χ1) is 14.1. The summed E-state index contributed by atoms with van der Waals surface area (Å²) in [7, 11) is 0. The molecule has 3 saturated heterocycles. The Balaban J connectivity index is 1.19. The Bertz CT molecular complexity index is 783. The summed E-state index contributed by atoms with van der Waals surface area (Å²) in [5, 5.41) is 0. The molecule has 4 aliphatic rings. The average molecular weight is 398 g/mol. The van der Waals surface area contributed by atoms with Gasteiger partial charge in [0.15, 0.2) is 0 Å². The Hall–Kier alpha value is -2.08. The van der Waals surface area contributed by atoms with Crippen LogP contribution in [0.4, 0.5) is 10.5 Å². The van der Waals surface area contributed by atoms with Gasteiger partial charge in [-0.25, -0.2) is 4.79 Å². The zero-order chi connectivity index (χ0) is 20.0. The minimum atomic E-state index is -0.120. The van der Waals surface area contributed by atoms with Gasteiger partial charge in [-0.3, -0.25) is 4.79 Å². The molecular formula is C23H31N3O3. The van der Waals surface area contributed by atoms with Crippen molar-refractivity contribution in [2.75, 3.05) is 31.1 Å². The van der Waals surface area contributed by atoms with Crippen LogP contribution in [0.15, 0.2) is 24.3 Å². The maximum atomic E-state index is 12.6. The van der Waals surface area contributed by atoms with Gasteiger partial charge in [0.2, 0.25) is 5.91 Å². The molecule has 0 N–H and O–H groups in total. The topological polar surface area (TPSA) is 53.1 Å². The van der Waals surface area contributed by atoms with Crippen molar-refractivity contribution < 1.29 is 14.3 Å². The van der Waals surface area contributed by atoms with Crippen LogP contribution in [-0.4, -0.2) is 66.2 Å². The summed E-state index contributed by atoms with van der Waals surface area (Å²) in [6.07, 6.45) is 5.87. The molecule has 1 aromatic rings. The molecule has 2 amide bonds. The molecule has 156 valence electrons. The number of likely N-dealkylation sites (tertiary alicyclic amines) is 1. The van der Waals surface area contributed by atoms with Crippen LogP contribution in [0.3, 0.4) is 0 Å². The molecule has 0 aromatic heterocycles. The number of hydrogen-bond acceptors (Lipinski definition) is 4. The van der Waals surface area contributed by atoms with Crippen molar-refractivity contribution in [1.29, 1.82) is 0 Å². The van der Waals surface area contributed by atoms with E-state index < -0.39 is 0 Å². The number of fused-ring (bicyclic) bond motifs is 3. The van der Waals surface area contributed by atoms with Gasteiger partial charge in [0.05, 0.1) is 19.1 Å². The zero-order valence-electron chi connectivity index (χ0n) is 17.3. The highest BCUT2D eigenvalue weighted by atomic mass is 16.6. The minimum Gasteiger partial charge on any atom is -0.450 e. The van der Waals surface area contributed by atoms with Crippen molar-refractivity contribution >= 4 is 17.7 Å². The van der Waals surface area contributed by atoms with Crippen molar-refractivity contribution in [2.24, 2.45) is 5.92 Å². The zero-order valence-corrected chi connectivity index (χ0v) is 17.3. The van der Waals surface area contributed by atoms with E-state index in [9.17, 15) is 9.59 Å². The van der Waals surface area contributed by atoms with Gasteiger partial charge in [-0.2, -0.15) is 0 Å². The van der Waals surface area contributed by atoms with E-state index in [4.69, 9.17) is 4.74 Å². The molecule has 1 aromatic carbocycles. The van der Waals surface area contributed by atoms with Gasteiger partial charge in [0.25, 0.3) is 0 Å². The third kappa shape index (κ3) is 3.41. The molecule has 5 rings (SSSR count).